The van der Waals surface area contributed by atoms with Crippen molar-refractivity contribution in [2.75, 3.05) is 0 Å². The molecule has 0 atom stereocenters. The average Bonchev–Trinajstić information content (AvgIpc) is 2.93. The van der Waals surface area contributed by atoms with Gasteiger partial charge in [-0.15, -0.1) is 0 Å². The molecule has 0 aliphatic heterocycles. The Morgan fingerprint density at radius 3 is 2.23 bits per heavy atom. The van der Waals surface area contributed by atoms with Gasteiger partial charge in [-0.05, 0) is 57.7 Å². The lowest BCUT2D eigenvalue weighted by molar-refractivity contribution is -0.385. The molecule has 1 heterocycles. The number of hydrogen-bond acceptors (Lipinski definition) is 6. The first-order chi connectivity index (χ1) is 14.4. The van der Waals surface area contributed by atoms with Gasteiger partial charge in [-0.1, -0.05) is 19.4 Å². The predicted molar refractivity (Wildman–Crippen MR) is 118 cm³/mol. The van der Waals surface area contributed by atoms with Crippen molar-refractivity contribution in [3.05, 3.63) is 55.8 Å². The van der Waals surface area contributed by atoms with E-state index in [9.17, 15) is 19.7 Å². The number of hydrogen-bond donors (Lipinski definition) is 0. The fourth-order valence-electron chi connectivity index (χ4n) is 3.48. The second-order valence-electron chi connectivity index (χ2n) is 8.28. The number of nitro benzene ring substituents is 1. The van der Waals surface area contributed by atoms with E-state index < -0.39 is 10.9 Å². The molecule has 0 saturated heterocycles. The minimum absolute atomic E-state index is 0.0554. The summed E-state index contributed by atoms with van der Waals surface area (Å²) in [7, 11) is 0. The van der Waals surface area contributed by atoms with Crippen molar-refractivity contribution in [1.29, 1.82) is 0 Å². The first kappa shape index (κ1) is 24.0. The third kappa shape index (κ3) is 4.90. The van der Waals surface area contributed by atoms with E-state index in [-0.39, 0.29) is 28.8 Å². The molecular weight excluding hydrogens is 398 g/mol. The largest absolute Gasteiger partial charge is 0.407 e. The van der Waals surface area contributed by atoms with Crippen molar-refractivity contribution in [1.82, 2.24) is 9.78 Å². The van der Waals surface area contributed by atoms with Crippen LogP contribution in [-0.2, 0) is 11.3 Å². The van der Waals surface area contributed by atoms with Crippen molar-refractivity contribution in [2.24, 2.45) is 5.92 Å². The van der Waals surface area contributed by atoms with E-state index in [2.05, 4.69) is 5.10 Å². The van der Waals surface area contributed by atoms with Gasteiger partial charge in [-0.25, -0.2) is 4.68 Å². The summed E-state index contributed by atoms with van der Waals surface area (Å²) in [5.41, 5.74) is 3.46. The van der Waals surface area contributed by atoms with E-state index in [1.54, 1.807) is 20.8 Å². The van der Waals surface area contributed by atoms with Gasteiger partial charge >= 0.3 is 5.97 Å². The number of ether oxygens (including phenoxy) is 1. The second-order valence-corrected chi connectivity index (χ2v) is 8.28. The maximum absolute atomic E-state index is 13.6. The van der Waals surface area contributed by atoms with Gasteiger partial charge in [0.05, 0.1) is 16.2 Å². The summed E-state index contributed by atoms with van der Waals surface area (Å²) < 4.78 is 6.91. The Balaban J connectivity index is 2.77. The Morgan fingerprint density at radius 2 is 1.74 bits per heavy atom. The maximum Gasteiger partial charge on any atom is 0.309 e. The molecule has 1 aromatic carbocycles. The van der Waals surface area contributed by atoms with E-state index >= 15 is 0 Å². The molecule has 0 aliphatic rings. The van der Waals surface area contributed by atoms with Crippen molar-refractivity contribution in [3.8, 4) is 5.88 Å². The fourth-order valence-corrected chi connectivity index (χ4v) is 3.48. The van der Waals surface area contributed by atoms with E-state index in [0.29, 0.717) is 28.9 Å². The first-order valence-electron chi connectivity index (χ1n) is 10.1. The average molecular weight is 428 g/mol. The van der Waals surface area contributed by atoms with Crippen LogP contribution >= 0.6 is 0 Å². The SMILES string of the molecule is CC(=O)Oc1c(C(=O)c2ccc([N+](=O)[O-])c(C(C)=C(C)C)c2C)c(C)nn1CC(C)C. The normalized spacial score (nSPS) is 10.9. The Bertz CT molecular complexity index is 1090. The smallest absolute Gasteiger partial charge is 0.309 e. The van der Waals surface area contributed by atoms with Crippen molar-refractivity contribution in [2.45, 2.75) is 61.9 Å². The molecule has 2 rings (SSSR count). The number of aryl methyl sites for hydroxylation is 1. The number of rotatable bonds is 7. The summed E-state index contributed by atoms with van der Waals surface area (Å²) in [6, 6.07) is 2.80. The van der Waals surface area contributed by atoms with Crippen molar-refractivity contribution >= 4 is 23.0 Å². The van der Waals surface area contributed by atoms with Crippen molar-refractivity contribution in [3.63, 3.8) is 0 Å². The molecular formula is C23H29N3O5. The van der Waals surface area contributed by atoms with Crippen LogP contribution < -0.4 is 4.74 Å². The molecule has 1 aromatic heterocycles. The van der Waals surface area contributed by atoms with Crippen LogP contribution in [0.25, 0.3) is 5.57 Å². The number of carbonyl (C=O) groups excluding carboxylic acids is 2. The fraction of sp³-hybridized carbons (Fsp3) is 0.435. The third-order valence-electron chi connectivity index (χ3n) is 5.10. The van der Waals surface area contributed by atoms with Crippen LogP contribution in [0.2, 0.25) is 0 Å². The highest BCUT2D eigenvalue weighted by Crippen LogP contribution is 2.35. The van der Waals surface area contributed by atoms with Gasteiger partial charge in [-0.2, -0.15) is 5.10 Å². The number of benzene rings is 1. The Kier molecular flexibility index (Phi) is 7.15. The second kappa shape index (κ2) is 9.24. The molecule has 0 saturated carbocycles. The van der Waals surface area contributed by atoms with E-state index in [0.717, 1.165) is 11.1 Å². The number of allylic oxidation sites excluding steroid dienone is 2. The van der Waals surface area contributed by atoms with Crippen LogP contribution in [0.15, 0.2) is 17.7 Å². The zero-order valence-corrected chi connectivity index (χ0v) is 19.3. The molecule has 0 amide bonds. The maximum atomic E-state index is 13.6. The number of ketones is 1. The van der Waals surface area contributed by atoms with Crippen LogP contribution in [0.3, 0.4) is 0 Å². The summed E-state index contributed by atoms with van der Waals surface area (Å²) in [5, 5.41) is 16.0. The standard InChI is InChI=1S/C23H29N3O5/c1-12(2)11-25-23(31-17(8)27)21(16(7)24-25)22(28)18-9-10-19(26(29)30)20(15(18)6)14(5)13(3)4/h9-10,12H,11H2,1-8H3. The van der Waals surface area contributed by atoms with Gasteiger partial charge in [0.2, 0.25) is 11.7 Å². The minimum atomic E-state index is -0.555. The van der Waals surface area contributed by atoms with Crippen LogP contribution in [0.5, 0.6) is 5.88 Å². The quantitative estimate of drug-likeness (QED) is 0.265. The molecule has 0 bridgehead atoms. The molecule has 0 unspecified atom stereocenters. The number of esters is 1. The van der Waals surface area contributed by atoms with Gasteiger partial charge in [0.15, 0.2) is 0 Å². The summed E-state index contributed by atoms with van der Waals surface area (Å²) in [6.45, 7) is 14.6. The summed E-state index contributed by atoms with van der Waals surface area (Å²) in [4.78, 5) is 36.5. The minimum Gasteiger partial charge on any atom is -0.407 e. The van der Waals surface area contributed by atoms with Gasteiger partial charge in [0.25, 0.3) is 5.69 Å². The number of nitro groups is 1. The summed E-state index contributed by atoms with van der Waals surface area (Å²) in [6.07, 6.45) is 0. The highest BCUT2D eigenvalue weighted by molar-refractivity contribution is 6.13. The zero-order valence-electron chi connectivity index (χ0n) is 19.3. The first-order valence-corrected chi connectivity index (χ1v) is 10.1. The molecule has 8 heteroatoms. The van der Waals surface area contributed by atoms with Crippen LogP contribution in [0.1, 0.15) is 74.3 Å². The highest BCUT2D eigenvalue weighted by Gasteiger charge is 2.29. The topological polar surface area (TPSA) is 104 Å². The van der Waals surface area contributed by atoms with E-state index in [1.165, 1.54) is 23.7 Å². The monoisotopic (exact) mass is 427 g/mol. The third-order valence-corrected chi connectivity index (χ3v) is 5.10. The van der Waals surface area contributed by atoms with Crippen LogP contribution in [-0.4, -0.2) is 26.5 Å². The molecule has 0 radical (unpaired) electrons. The van der Waals surface area contributed by atoms with Crippen molar-refractivity contribution < 1.29 is 19.2 Å². The Morgan fingerprint density at radius 1 is 1.13 bits per heavy atom. The molecule has 31 heavy (non-hydrogen) atoms. The molecule has 2 aromatic rings. The Labute approximate surface area is 182 Å². The molecule has 0 aliphatic carbocycles. The molecule has 0 fully saturated rings. The summed E-state index contributed by atoms with van der Waals surface area (Å²) in [5.74, 6) is -0.633. The van der Waals surface area contributed by atoms with Gasteiger partial charge in [0, 0.05) is 25.1 Å². The van der Waals surface area contributed by atoms with Gasteiger partial charge in [-0.3, -0.25) is 19.7 Å². The number of aromatic nitrogens is 2. The van der Waals surface area contributed by atoms with Gasteiger partial charge in [0.1, 0.15) is 5.56 Å². The number of nitrogens with zero attached hydrogens (tertiary/aromatic N) is 3. The van der Waals surface area contributed by atoms with E-state index in [1.807, 2.05) is 27.7 Å². The molecule has 0 spiro atoms. The van der Waals surface area contributed by atoms with Crippen LogP contribution in [0, 0.1) is 29.9 Å². The number of carbonyl (C=O) groups is 2. The van der Waals surface area contributed by atoms with Crippen LogP contribution in [0.4, 0.5) is 5.69 Å². The lowest BCUT2D eigenvalue weighted by atomic mass is 9.90. The zero-order chi connectivity index (χ0) is 23.6. The lowest BCUT2D eigenvalue weighted by Gasteiger charge is -2.14. The Hall–Kier alpha value is -3.29. The lowest BCUT2D eigenvalue weighted by Crippen LogP contribution is -2.15. The molecule has 166 valence electrons. The van der Waals surface area contributed by atoms with E-state index in [4.69, 9.17) is 4.74 Å². The molecule has 8 nitrogen and oxygen atoms in total. The highest BCUT2D eigenvalue weighted by atomic mass is 16.6. The molecule has 0 N–H and O–H groups in total. The predicted octanol–water partition coefficient (Wildman–Crippen LogP) is 5.03. The summed E-state index contributed by atoms with van der Waals surface area (Å²) >= 11 is 0. The van der Waals surface area contributed by atoms with Gasteiger partial charge < -0.3 is 4.74 Å².